The van der Waals surface area contributed by atoms with Gasteiger partial charge in [-0.2, -0.15) is 0 Å². The first kappa shape index (κ1) is 17.8. The molecule has 134 valence electrons. The maximum Gasteiger partial charge on any atom is 0.272 e. The first-order valence-electron chi connectivity index (χ1n) is 7.88. The van der Waals surface area contributed by atoms with Gasteiger partial charge in [-0.1, -0.05) is 0 Å². The van der Waals surface area contributed by atoms with Gasteiger partial charge >= 0.3 is 0 Å². The van der Waals surface area contributed by atoms with Crippen molar-refractivity contribution in [3.8, 4) is 10.9 Å². The average molecular weight is 371 g/mol. The number of benzene rings is 1. The van der Waals surface area contributed by atoms with Crippen molar-refractivity contribution in [1.82, 2.24) is 9.55 Å². The van der Waals surface area contributed by atoms with Crippen LogP contribution in [0.4, 0.5) is 5.69 Å². The highest BCUT2D eigenvalue weighted by Gasteiger charge is 2.18. The SMILES string of the molecule is Cc1cc(OCC(=O)c2cc(C)n(-c3nccs3)c2C)ccc1[N+](=O)[O-]. The maximum absolute atomic E-state index is 12.6. The van der Waals surface area contributed by atoms with Crippen LogP contribution in [0, 0.1) is 30.9 Å². The summed E-state index contributed by atoms with van der Waals surface area (Å²) in [5.41, 5.74) is 2.83. The molecule has 0 radical (unpaired) electrons. The lowest BCUT2D eigenvalue weighted by atomic mass is 10.1. The lowest BCUT2D eigenvalue weighted by molar-refractivity contribution is -0.385. The molecular formula is C18H17N3O4S. The average Bonchev–Trinajstić information content (AvgIpc) is 3.20. The lowest BCUT2D eigenvalue weighted by Crippen LogP contribution is -2.13. The standard InChI is InChI=1S/C18H17N3O4S/c1-11-8-14(4-5-16(11)21(23)24)25-10-17(22)15-9-12(2)20(13(15)3)18-19-6-7-26-18/h4-9H,10H2,1-3H3. The maximum atomic E-state index is 12.6. The molecule has 0 bridgehead atoms. The Hall–Kier alpha value is -3.00. The number of nitro groups is 1. The number of nitrogens with zero attached hydrogens (tertiary/aromatic N) is 3. The van der Waals surface area contributed by atoms with Gasteiger partial charge < -0.3 is 4.74 Å². The minimum absolute atomic E-state index is 0.0238. The number of thiazole rings is 1. The molecule has 3 rings (SSSR count). The normalized spacial score (nSPS) is 10.7. The van der Waals surface area contributed by atoms with Crippen molar-refractivity contribution in [2.75, 3.05) is 6.61 Å². The molecule has 0 atom stereocenters. The Kier molecular flexibility index (Phi) is 4.85. The molecule has 0 saturated carbocycles. The number of ether oxygens (including phenoxy) is 1. The van der Waals surface area contributed by atoms with Crippen LogP contribution in [0.3, 0.4) is 0 Å². The second-order valence-electron chi connectivity index (χ2n) is 5.85. The zero-order chi connectivity index (χ0) is 18.8. The van der Waals surface area contributed by atoms with Gasteiger partial charge in [0.15, 0.2) is 11.7 Å². The molecule has 0 aliphatic heterocycles. The fourth-order valence-electron chi connectivity index (χ4n) is 2.82. The van der Waals surface area contributed by atoms with E-state index in [0.717, 1.165) is 16.5 Å². The quantitative estimate of drug-likeness (QED) is 0.371. The summed E-state index contributed by atoms with van der Waals surface area (Å²) in [4.78, 5) is 27.3. The molecule has 0 amide bonds. The summed E-state index contributed by atoms with van der Waals surface area (Å²) in [5, 5.41) is 13.6. The topological polar surface area (TPSA) is 87.3 Å². The number of hydrogen-bond acceptors (Lipinski definition) is 6. The third-order valence-electron chi connectivity index (χ3n) is 4.08. The first-order valence-corrected chi connectivity index (χ1v) is 8.76. The molecule has 3 aromatic rings. The molecule has 0 unspecified atom stereocenters. The molecule has 26 heavy (non-hydrogen) atoms. The largest absolute Gasteiger partial charge is 0.485 e. The summed E-state index contributed by atoms with van der Waals surface area (Å²) in [6, 6.07) is 6.26. The molecule has 2 heterocycles. The van der Waals surface area contributed by atoms with Crippen molar-refractivity contribution < 1.29 is 14.5 Å². The zero-order valence-electron chi connectivity index (χ0n) is 14.6. The number of Topliss-reactive ketones (excluding diaryl/α,β-unsaturated/α-hetero) is 1. The van der Waals surface area contributed by atoms with E-state index in [0.29, 0.717) is 16.9 Å². The van der Waals surface area contributed by atoms with E-state index < -0.39 is 4.92 Å². The number of carbonyl (C=O) groups is 1. The van der Waals surface area contributed by atoms with E-state index in [9.17, 15) is 14.9 Å². The van der Waals surface area contributed by atoms with Crippen LogP contribution in [0.2, 0.25) is 0 Å². The highest BCUT2D eigenvalue weighted by atomic mass is 32.1. The fourth-order valence-corrected chi connectivity index (χ4v) is 3.57. The number of rotatable bonds is 6. The molecule has 1 aromatic carbocycles. The van der Waals surface area contributed by atoms with Gasteiger partial charge in [-0.05, 0) is 39.0 Å². The van der Waals surface area contributed by atoms with Crippen molar-refractivity contribution in [1.29, 1.82) is 0 Å². The summed E-state index contributed by atoms with van der Waals surface area (Å²) in [6.07, 6.45) is 1.72. The van der Waals surface area contributed by atoms with E-state index in [1.807, 2.05) is 29.9 Å². The van der Waals surface area contributed by atoms with Crippen molar-refractivity contribution in [2.45, 2.75) is 20.8 Å². The molecule has 0 aliphatic carbocycles. The second-order valence-corrected chi connectivity index (χ2v) is 6.73. The molecule has 0 aliphatic rings. The minimum atomic E-state index is -0.447. The lowest BCUT2D eigenvalue weighted by Gasteiger charge is -2.08. The highest BCUT2D eigenvalue weighted by Crippen LogP contribution is 2.25. The Bertz CT molecular complexity index is 977. The van der Waals surface area contributed by atoms with Crippen LogP contribution in [0.5, 0.6) is 5.75 Å². The third-order valence-corrected chi connectivity index (χ3v) is 4.83. The predicted molar refractivity (Wildman–Crippen MR) is 98.6 cm³/mol. The van der Waals surface area contributed by atoms with Crippen molar-refractivity contribution in [3.05, 3.63) is 68.5 Å². The smallest absolute Gasteiger partial charge is 0.272 e. The van der Waals surface area contributed by atoms with E-state index in [4.69, 9.17) is 4.74 Å². The van der Waals surface area contributed by atoms with Crippen molar-refractivity contribution >= 4 is 22.8 Å². The van der Waals surface area contributed by atoms with Gasteiger partial charge in [-0.15, -0.1) is 11.3 Å². The molecule has 8 heteroatoms. The summed E-state index contributed by atoms with van der Waals surface area (Å²) < 4.78 is 7.48. The van der Waals surface area contributed by atoms with Crippen LogP contribution >= 0.6 is 11.3 Å². The van der Waals surface area contributed by atoms with Crippen LogP contribution in [-0.2, 0) is 0 Å². The van der Waals surface area contributed by atoms with E-state index in [2.05, 4.69) is 4.98 Å². The van der Waals surface area contributed by atoms with E-state index in [1.54, 1.807) is 19.2 Å². The Balaban J connectivity index is 1.76. The van der Waals surface area contributed by atoms with Gasteiger partial charge in [-0.25, -0.2) is 4.98 Å². The first-order chi connectivity index (χ1) is 12.4. The Morgan fingerprint density at radius 2 is 2.08 bits per heavy atom. The Morgan fingerprint density at radius 1 is 1.31 bits per heavy atom. The second kappa shape index (κ2) is 7.09. The molecular weight excluding hydrogens is 354 g/mol. The number of carbonyl (C=O) groups excluding carboxylic acids is 1. The Labute approximate surface area is 154 Å². The summed E-state index contributed by atoms with van der Waals surface area (Å²) in [7, 11) is 0. The van der Waals surface area contributed by atoms with Gasteiger partial charge in [-0.3, -0.25) is 19.5 Å². The van der Waals surface area contributed by atoms with Crippen LogP contribution < -0.4 is 4.74 Å². The Morgan fingerprint density at radius 3 is 2.69 bits per heavy atom. The molecule has 0 N–H and O–H groups in total. The third kappa shape index (κ3) is 3.36. The monoisotopic (exact) mass is 371 g/mol. The highest BCUT2D eigenvalue weighted by molar-refractivity contribution is 7.12. The summed E-state index contributed by atoms with van der Waals surface area (Å²) in [5.74, 6) is 0.270. The van der Waals surface area contributed by atoms with Crippen molar-refractivity contribution in [2.24, 2.45) is 0 Å². The molecule has 7 nitrogen and oxygen atoms in total. The number of aryl methyl sites for hydroxylation is 2. The van der Waals surface area contributed by atoms with E-state index in [1.165, 1.54) is 23.5 Å². The van der Waals surface area contributed by atoms with Crippen LogP contribution in [-0.4, -0.2) is 26.9 Å². The fraction of sp³-hybridized carbons (Fsp3) is 0.222. The summed E-state index contributed by atoms with van der Waals surface area (Å²) in [6.45, 7) is 5.29. The van der Waals surface area contributed by atoms with Crippen molar-refractivity contribution in [3.63, 3.8) is 0 Å². The molecule has 0 spiro atoms. The van der Waals surface area contributed by atoms with Crippen LogP contribution in [0.1, 0.15) is 27.3 Å². The minimum Gasteiger partial charge on any atom is -0.485 e. The van der Waals surface area contributed by atoms with Gasteiger partial charge in [0.25, 0.3) is 5.69 Å². The van der Waals surface area contributed by atoms with Gasteiger partial charge in [0.05, 0.1) is 4.92 Å². The van der Waals surface area contributed by atoms with Gasteiger partial charge in [0.1, 0.15) is 5.75 Å². The van der Waals surface area contributed by atoms with E-state index in [-0.39, 0.29) is 18.1 Å². The van der Waals surface area contributed by atoms with E-state index >= 15 is 0 Å². The number of ketones is 1. The number of aromatic nitrogens is 2. The van der Waals surface area contributed by atoms with Crippen LogP contribution in [0.15, 0.2) is 35.8 Å². The van der Waals surface area contributed by atoms with Crippen LogP contribution in [0.25, 0.3) is 5.13 Å². The molecule has 0 saturated heterocycles. The van der Waals surface area contributed by atoms with Gasteiger partial charge in [0, 0.05) is 40.2 Å². The summed E-state index contributed by atoms with van der Waals surface area (Å²) >= 11 is 1.50. The zero-order valence-corrected chi connectivity index (χ0v) is 15.4. The van der Waals surface area contributed by atoms with Gasteiger partial charge in [0.2, 0.25) is 5.78 Å². The molecule has 0 fully saturated rings. The number of hydrogen-bond donors (Lipinski definition) is 0. The number of nitro benzene ring substituents is 1. The molecule has 2 aromatic heterocycles. The predicted octanol–water partition coefficient (Wildman–Crippen LogP) is 4.03.